The Morgan fingerprint density at radius 1 is 0.900 bits per heavy atom. The van der Waals surface area contributed by atoms with E-state index in [0.29, 0.717) is 19.4 Å². The molecule has 0 amide bonds. The number of ether oxygens (including phenoxy) is 1. The predicted molar refractivity (Wildman–Crippen MR) is 119 cm³/mol. The first-order valence-corrected chi connectivity index (χ1v) is 12.0. The van der Waals surface area contributed by atoms with Gasteiger partial charge in [-0.05, 0) is 28.3 Å². The molecular weight excluding hydrogens is 402 g/mol. The second kappa shape index (κ2) is 10.6. The molecule has 2 aromatic rings. The highest BCUT2D eigenvalue weighted by molar-refractivity contribution is 6.99. The van der Waals surface area contributed by atoms with Gasteiger partial charge in [-0.2, -0.15) is 4.39 Å². The highest BCUT2D eigenvalue weighted by Crippen LogP contribution is 2.36. The Bertz CT molecular complexity index is 806. The average Bonchev–Trinajstić information content (AvgIpc) is 2.75. The largest absolute Gasteiger partial charge is 0.464 e. The van der Waals surface area contributed by atoms with Gasteiger partial charge in [0, 0.05) is 13.0 Å². The minimum absolute atomic E-state index is 0.141. The van der Waals surface area contributed by atoms with Crippen LogP contribution in [0.4, 0.5) is 8.78 Å². The molecule has 0 bridgehead atoms. The molecule has 0 aliphatic heterocycles. The molecular formula is C24H30F2O3Si. The van der Waals surface area contributed by atoms with E-state index < -0.39 is 25.9 Å². The Kier molecular flexibility index (Phi) is 8.50. The smallest absolute Gasteiger partial charge is 0.369 e. The van der Waals surface area contributed by atoms with Gasteiger partial charge in [0.1, 0.15) is 5.83 Å². The lowest BCUT2D eigenvalue weighted by Crippen LogP contribution is -2.66. The molecule has 0 fully saturated rings. The summed E-state index contributed by atoms with van der Waals surface area (Å²) in [6.07, 6.45) is 0.756. The highest BCUT2D eigenvalue weighted by atomic mass is 28.4. The number of unbranched alkanes of at least 4 members (excludes halogenated alkanes) is 1. The first-order valence-electron chi connectivity index (χ1n) is 10.1. The van der Waals surface area contributed by atoms with Crippen molar-refractivity contribution in [1.29, 1.82) is 0 Å². The third-order valence-corrected chi connectivity index (χ3v) is 10.2. The van der Waals surface area contributed by atoms with E-state index in [2.05, 4.69) is 49.8 Å². The van der Waals surface area contributed by atoms with E-state index in [1.165, 1.54) is 10.4 Å². The lowest BCUT2D eigenvalue weighted by molar-refractivity contribution is -0.138. The molecule has 0 aliphatic rings. The first kappa shape index (κ1) is 24.0. The third-order valence-electron chi connectivity index (χ3n) is 5.13. The van der Waals surface area contributed by atoms with E-state index in [0.717, 1.165) is 7.11 Å². The summed E-state index contributed by atoms with van der Waals surface area (Å²) in [5.74, 6) is -3.81. The maximum Gasteiger partial charge on any atom is 0.369 e. The van der Waals surface area contributed by atoms with E-state index in [1.807, 2.05) is 36.4 Å². The summed E-state index contributed by atoms with van der Waals surface area (Å²) in [5, 5.41) is 2.20. The summed E-state index contributed by atoms with van der Waals surface area (Å²) in [7, 11) is -1.61. The fraction of sp³-hybridized carbons (Fsp3) is 0.375. The average molecular weight is 433 g/mol. The zero-order valence-electron chi connectivity index (χ0n) is 18.1. The van der Waals surface area contributed by atoms with Crippen LogP contribution in [0.1, 0.15) is 40.0 Å². The van der Waals surface area contributed by atoms with Gasteiger partial charge in [-0.25, -0.2) is 9.18 Å². The number of carbonyl (C=O) groups is 1. The topological polar surface area (TPSA) is 35.5 Å². The van der Waals surface area contributed by atoms with E-state index >= 15 is 0 Å². The molecule has 0 atom stereocenters. The van der Waals surface area contributed by atoms with E-state index in [9.17, 15) is 13.6 Å². The minimum Gasteiger partial charge on any atom is -0.464 e. The van der Waals surface area contributed by atoms with Gasteiger partial charge < -0.3 is 9.16 Å². The van der Waals surface area contributed by atoms with Gasteiger partial charge in [0.25, 0.3) is 8.32 Å². The van der Waals surface area contributed by atoms with Crippen LogP contribution in [0.15, 0.2) is 72.3 Å². The van der Waals surface area contributed by atoms with Crippen LogP contribution in [0.5, 0.6) is 0 Å². The first-order chi connectivity index (χ1) is 14.2. The van der Waals surface area contributed by atoms with Crippen molar-refractivity contribution in [1.82, 2.24) is 0 Å². The van der Waals surface area contributed by atoms with E-state index in [-0.39, 0.29) is 11.5 Å². The molecule has 0 saturated heterocycles. The van der Waals surface area contributed by atoms with Gasteiger partial charge in [0.15, 0.2) is 0 Å². The Labute approximate surface area is 178 Å². The Morgan fingerprint density at radius 3 is 1.83 bits per heavy atom. The fourth-order valence-electron chi connectivity index (χ4n) is 3.68. The van der Waals surface area contributed by atoms with Crippen molar-refractivity contribution in [2.75, 3.05) is 13.7 Å². The van der Waals surface area contributed by atoms with Gasteiger partial charge in [-0.1, -0.05) is 81.4 Å². The van der Waals surface area contributed by atoms with Crippen molar-refractivity contribution in [2.24, 2.45) is 0 Å². The normalized spacial score (nSPS) is 13.0. The molecule has 30 heavy (non-hydrogen) atoms. The third kappa shape index (κ3) is 5.43. The number of hydrogen-bond acceptors (Lipinski definition) is 3. The molecule has 0 spiro atoms. The molecule has 0 aromatic heterocycles. The van der Waals surface area contributed by atoms with Crippen LogP contribution in [-0.4, -0.2) is 28.0 Å². The summed E-state index contributed by atoms with van der Waals surface area (Å²) in [4.78, 5) is 11.1. The van der Waals surface area contributed by atoms with Crippen molar-refractivity contribution in [3.05, 3.63) is 72.3 Å². The second-order valence-corrected chi connectivity index (χ2v) is 12.5. The zero-order valence-corrected chi connectivity index (χ0v) is 19.1. The summed E-state index contributed by atoms with van der Waals surface area (Å²) < 4.78 is 38.2. The molecule has 0 aliphatic carbocycles. The van der Waals surface area contributed by atoms with Gasteiger partial charge in [0.05, 0.1) is 7.11 Å². The van der Waals surface area contributed by atoms with Gasteiger partial charge in [-0.15, -0.1) is 0 Å². The number of allylic oxidation sites excluding steroid dienone is 1. The molecule has 2 rings (SSSR count). The quantitative estimate of drug-likeness (QED) is 0.241. The van der Waals surface area contributed by atoms with Crippen LogP contribution >= 0.6 is 0 Å². The molecule has 0 saturated carbocycles. The number of methoxy groups -OCH3 is 1. The van der Waals surface area contributed by atoms with E-state index in [1.54, 1.807) is 0 Å². The van der Waals surface area contributed by atoms with Gasteiger partial charge >= 0.3 is 5.97 Å². The summed E-state index contributed by atoms with van der Waals surface area (Å²) in [5.41, 5.74) is 0. The van der Waals surface area contributed by atoms with Crippen LogP contribution in [0.2, 0.25) is 5.04 Å². The Balaban J connectivity index is 2.21. The molecule has 0 heterocycles. The summed E-state index contributed by atoms with van der Waals surface area (Å²) >= 11 is 0. The van der Waals surface area contributed by atoms with Crippen LogP contribution in [-0.2, 0) is 14.0 Å². The molecule has 6 heteroatoms. The van der Waals surface area contributed by atoms with Crippen molar-refractivity contribution in [3.8, 4) is 0 Å². The number of rotatable bonds is 9. The van der Waals surface area contributed by atoms with Crippen molar-refractivity contribution >= 4 is 24.7 Å². The van der Waals surface area contributed by atoms with Crippen molar-refractivity contribution in [2.45, 2.75) is 45.1 Å². The maximum absolute atomic E-state index is 13.8. The number of hydrogen-bond donors (Lipinski definition) is 0. The van der Waals surface area contributed by atoms with Crippen LogP contribution < -0.4 is 10.4 Å². The Morgan fingerprint density at radius 2 is 1.40 bits per heavy atom. The molecule has 0 N–H and O–H groups in total. The summed E-state index contributed by atoms with van der Waals surface area (Å²) in [6.45, 7) is 6.98. The highest BCUT2D eigenvalue weighted by Gasteiger charge is 2.49. The lowest BCUT2D eigenvalue weighted by Gasteiger charge is -2.43. The maximum atomic E-state index is 13.8. The minimum atomic E-state index is -2.63. The fourth-order valence-corrected chi connectivity index (χ4v) is 8.29. The molecule has 0 radical (unpaired) electrons. The number of esters is 1. The molecule has 3 nitrogen and oxygen atoms in total. The Hall–Kier alpha value is -2.31. The van der Waals surface area contributed by atoms with Crippen LogP contribution in [0.25, 0.3) is 0 Å². The second-order valence-electron chi connectivity index (χ2n) is 8.18. The SMILES string of the molecule is COC(=O)/C(F)=C(/F)CCCCO[Si](c1ccccc1)(c1ccccc1)C(C)(C)C. The van der Waals surface area contributed by atoms with Crippen molar-refractivity contribution < 1.29 is 22.7 Å². The van der Waals surface area contributed by atoms with Gasteiger partial charge in [0.2, 0.25) is 5.83 Å². The standard InChI is InChI=1S/C24H30F2O3Si/c1-24(2,3)30(19-13-7-5-8-14-19,20-15-9-6-10-16-20)29-18-12-11-17-21(25)22(26)23(27)28-4/h5-10,13-16H,11-12,17-18H2,1-4H3/b22-21-. The molecule has 0 unspecified atom stereocenters. The van der Waals surface area contributed by atoms with E-state index in [4.69, 9.17) is 4.43 Å². The monoisotopic (exact) mass is 432 g/mol. The molecule has 162 valence electrons. The van der Waals surface area contributed by atoms with Crippen molar-refractivity contribution in [3.63, 3.8) is 0 Å². The molecule has 2 aromatic carbocycles. The van der Waals surface area contributed by atoms with Crippen LogP contribution in [0.3, 0.4) is 0 Å². The number of halogens is 2. The summed E-state index contributed by atoms with van der Waals surface area (Å²) in [6, 6.07) is 20.5. The number of carbonyl (C=O) groups excluding carboxylic acids is 1. The lowest BCUT2D eigenvalue weighted by atomic mass is 10.2. The zero-order chi connectivity index (χ0) is 22.2. The number of benzene rings is 2. The predicted octanol–water partition coefficient (Wildman–Crippen LogP) is 5.06. The van der Waals surface area contributed by atoms with Gasteiger partial charge in [-0.3, -0.25) is 0 Å². The van der Waals surface area contributed by atoms with Crippen LogP contribution in [0, 0.1) is 0 Å².